The normalized spacial score (nSPS) is 15.2. The summed E-state index contributed by atoms with van der Waals surface area (Å²) in [4.78, 5) is 11.6. The van der Waals surface area contributed by atoms with Crippen LogP contribution >= 0.6 is 11.6 Å². The van der Waals surface area contributed by atoms with Crippen LogP contribution in [0, 0.1) is 6.92 Å². The van der Waals surface area contributed by atoms with E-state index in [9.17, 15) is 18.3 Å². The fourth-order valence-electron chi connectivity index (χ4n) is 6.70. The lowest BCUT2D eigenvalue weighted by Crippen LogP contribution is -2.32. The van der Waals surface area contributed by atoms with Crippen molar-refractivity contribution in [1.82, 2.24) is 0 Å². The van der Waals surface area contributed by atoms with Gasteiger partial charge in [0.15, 0.2) is 6.54 Å². The van der Waals surface area contributed by atoms with E-state index in [0.29, 0.717) is 24.2 Å². The fourth-order valence-corrected chi connectivity index (χ4v) is 6.83. The third-order valence-electron chi connectivity index (χ3n) is 9.93. The summed E-state index contributed by atoms with van der Waals surface area (Å²) in [5.41, 5.74) is 10.1. The highest BCUT2D eigenvalue weighted by Gasteiger charge is 2.45. The van der Waals surface area contributed by atoms with E-state index in [1.54, 1.807) is 19.1 Å². The number of ketones is 1. The summed E-state index contributed by atoms with van der Waals surface area (Å²) >= 11 is 5.97. The molecule has 14 heteroatoms. The second kappa shape index (κ2) is 18.4. The molecule has 4 aromatic rings. The first-order valence-electron chi connectivity index (χ1n) is 18.2. The maximum atomic E-state index is 11.6. The van der Waals surface area contributed by atoms with Crippen LogP contribution in [0.25, 0.3) is 0 Å². The van der Waals surface area contributed by atoms with E-state index in [1.165, 1.54) is 22.4 Å². The van der Waals surface area contributed by atoms with Crippen LogP contribution in [0.1, 0.15) is 57.7 Å². The summed E-state index contributed by atoms with van der Waals surface area (Å²) in [5.74, 6) is 0.444. The topological polar surface area (TPSA) is 141 Å². The maximum absolute atomic E-state index is 11.6. The average molecular weight is 816 g/mol. The molecular weight excluding hydrogens is 764 g/mol. The van der Waals surface area contributed by atoms with Gasteiger partial charge < -0.3 is 14.7 Å². The number of phenolic OH excluding ortho intramolecular Hbond substituents is 1. The molecule has 0 radical (unpaired) electrons. The Morgan fingerprint density at radius 3 is 1.89 bits per heavy atom. The Morgan fingerprint density at radius 2 is 1.35 bits per heavy atom. The number of anilines is 2. The Hall–Kier alpha value is -5.21. The molecule has 0 unspecified atom stereocenters. The molecule has 2 aliphatic rings. The smallest absolute Gasteiger partial charge is 0.255 e. The minimum absolute atomic E-state index is 0.0879. The summed E-state index contributed by atoms with van der Waals surface area (Å²) in [6, 6.07) is 29.5. The quantitative estimate of drug-likeness (QED) is 0.0791. The molecule has 57 heavy (non-hydrogen) atoms. The third kappa shape index (κ3) is 11.0. The number of hydrogen-bond donors (Lipinski definition) is 1. The highest BCUT2D eigenvalue weighted by Crippen LogP contribution is 2.40. The van der Waals surface area contributed by atoms with Crippen molar-refractivity contribution in [3.63, 3.8) is 0 Å². The first kappa shape index (κ1) is 44.5. The van der Waals surface area contributed by atoms with E-state index in [4.69, 9.17) is 16.9 Å². The van der Waals surface area contributed by atoms with Gasteiger partial charge in [-0.05, 0) is 96.1 Å². The molecule has 2 heterocycles. The van der Waals surface area contributed by atoms with Gasteiger partial charge >= 0.3 is 0 Å². The summed E-state index contributed by atoms with van der Waals surface area (Å²) in [6.07, 6.45) is 5.03. The van der Waals surface area contributed by atoms with Crippen LogP contribution in [-0.2, 0) is 30.1 Å². The lowest BCUT2D eigenvalue weighted by atomic mass is 9.81. The number of halogens is 1. The van der Waals surface area contributed by atoms with Crippen molar-refractivity contribution in [2.45, 2.75) is 58.8 Å². The largest absolute Gasteiger partial charge is 0.707 e. The van der Waals surface area contributed by atoms with Gasteiger partial charge in [-0.3, -0.25) is 14.8 Å². The first-order valence-corrected chi connectivity index (χ1v) is 20.4. The molecule has 4 aromatic carbocycles. The van der Waals surface area contributed by atoms with Crippen molar-refractivity contribution in [3.8, 4) is 5.75 Å². The van der Waals surface area contributed by atoms with Crippen molar-refractivity contribution in [1.29, 1.82) is 0 Å². The van der Waals surface area contributed by atoms with Gasteiger partial charge in [0.25, 0.3) is 10.1 Å². The minimum atomic E-state index is -3.72. The maximum Gasteiger partial charge on any atom is 0.255 e. The van der Waals surface area contributed by atoms with Crippen LogP contribution in [0.4, 0.5) is 22.7 Å². The lowest BCUT2D eigenvalue weighted by molar-refractivity contribution is -0.634. The van der Waals surface area contributed by atoms with Gasteiger partial charge in [-0.1, -0.05) is 41.4 Å². The molecule has 0 saturated carbocycles. The van der Waals surface area contributed by atoms with E-state index in [1.807, 2.05) is 79.0 Å². The minimum Gasteiger partial charge on any atom is -0.707 e. The highest BCUT2D eigenvalue weighted by atomic mass is 35.5. The number of aromatic hydroxyl groups is 1. The van der Waals surface area contributed by atoms with Crippen LogP contribution in [0.5, 0.6) is 5.75 Å². The van der Waals surface area contributed by atoms with Crippen LogP contribution in [-0.4, -0.2) is 86.3 Å². The number of para-hydroxylation sites is 1. The molecule has 12 nitrogen and oxygen atoms in total. The average Bonchev–Trinajstić information content (AvgIpc) is 3.49. The Labute approximate surface area is 341 Å². The number of nitrogens with zero attached hydrogens (tertiary/aromatic N) is 6. The van der Waals surface area contributed by atoms with Gasteiger partial charge in [0, 0.05) is 42.4 Å². The van der Waals surface area contributed by atoms with Crippen molar-refractivity contribution in [3.05, 3.63) is 113 Å². The number of aryl methyl sites for hydroxylation is 1. The van der Waals surface area contributed by atoms with Gasteiger partial charge in [-0.25, -0.2) is 8.42 Å². The molecule has 0 atom stereocenters. The number of phenols is 1. The fraction of sp³-hybridized carbons (Fsp3) is 0.326. The van der Waals surface area contributed by atoms with E-state index in [-0.39, 0.29) is 22.4 Å². The SMILES string of the molecule is CC(=O)CC[N+]1=C(/C=N\N(C)c2ccc(Cl)cc2)C(C)(C)c2ccccc21.CS(=O)(=O)O[O-].Cc1ccc2c(c1)C(C)(C)C(C=NN(C)c1ccc(O)cc1)=[N+]2C. The van der Waals surface area contributed by atoms with Crippen molar-refractivity contribution < 1.29 is 37.1 Å². The van der Waals surface area contributed by atoms with Gasteiger partial charge in [-0.2, -0.15) is 19.4 Å². The number of benzene rings is 4. The summed E-state index contributed by atoms with van der Waals surface area (Å²) < 4.78 is 26.0. The molecule has 0 bridgehead atoms. The van der Waals surface area contributed by atoms with E-state index < -0.39 is 10.1 Å². The zero-order valence-corrected chi connectivity index (χ0v) is 35.8. The molecule has 0 fully saturated rings. The summed E-state index contributed by atoms with van der Waals surface area (Å²) in [6.45, 7) is 13.3. The number of rotatable bonds is 10. The summed E-state index contributed by atoms with van der Waals surface area (Å²) in [7, 11) is 2.19. The van der Waals surface area contributed by atoms with Crippen molar-refractivity contribution in [2.75, 3.05) is 44.0 Å². The Morgan fingerprint density at radius 1 is 0.842 bits per heavy atom. The number of hydrazone groups is 2. The molecule has 0 spiro atoms. The Kier molecular flexibility index (Phi) is 14.3. The van der Waals surface area contributed by atoms with Crippen molar-refractivity contribution >= 4 is 74.1 Å². The molecule has 1 N–H and O–H groups in total. The molecular formula is C43H52ClN6O6S+. The third-order valence-corrected chi connectivity index (χ3v) is 10.4. The molecule has 0 aliphatic carbocycles. The first-order chi connectivity index (χ1) is 26.7. The number of carbonyl (C=O) groups is 1. The van der Waals surface area contributed by atoms with Gasteiger partial charge in [0.1, 0.15) is 31.0 Å². The highest BCUT2D eigenvalue weighted by molar-refractivity contribution is 7.85. The van der Waals surface area contributed by atoms with E-state index in [0.717, 1.165) is 28.5 Å². The van der Waals surface area contributed by atoms with Crippen molar-refractivity contribution in [2.24, 2.45) is 10.2 Å². The van der Waals surface area contributed by atoms with E-state index >= 15 is 0 Å². The zero-order valence-electron chi connectivity index (χ0n) is 34.2. The van der Waals surface area contributed by atoms with Gasteiger partial charge in [-0.15, -0.1) is 0 Å². The second-order valence-corrected chi connectivity index (χ2v) is 17.0. The van der Waals surface area contributed by atoms with E-state index in [2.05, 4.69) is 102 Å². The zero-order chi connectivity index (χ0) is 42.3. The van der Waals surface area contributed by atoms with Crippen LogP contribution < -0.4 is 15.3 Å². The number of hydrogen-bond acceptors (Lipinski definition) is 10. The molecule has 6 rings (SSSR count). The number of carbonyl (C=O) groups excluding carboxylic acids is 1. The molecule has 0 aromatic heterocycles. The molecule has 0 saturated heterocycles. The number of fused-ring (bicyclic) bond motifs is 2. The van der Waals surface area contributed by atoms with Crippen LogP contribution in [0.15, 0.2) is 101 Å². The Bertz CT molecular complexity index is 2320. The van der Waals surface area contributed by atoms with Crippen LogP contribution in [0.3, 0.4) is 0 Å². The molecule has 2 aliphatic heterocycles. The molecule has 0 amide bonds. The lowest BCUT2D eigenvalue weighted by Gasteiger charge is -2.17. The van der Waals surface area contributed by atoms with Gasteiger partial charge in [0.05, 0.1) is 34.9 Å². The monoisotopic (exact) mass is 815 g/mol. The number of Topliss-reactive ketones (excluding diaryl/α,β-unsaturated/α-hetero) is 1. The second-order valence-electron chi connectivity index (χ2n) is 15.0. The summed E-state index contributed by atoms with van der Waals surface area (Å²) in [5, 5.41) is 31.9. The predicted octanol–water partition coefficient (Wildman–Crippen LogP) is 6.88. The predicted molar refractivity (Wildman–Crippen MR) is 229 cm³/mol. The standard InChI is InChI=1S/C22H25ClN3O.C20H23N3O.CH4O4S/c1-16(27)13-14-26-20-8-6-5-7-19(20)22(2,3)21(26)15-24-25(4)18-11-9-17(23)10-12-18;1-14-6-11-18-17(12-14)20(2,3)19(22(18)4)13-21-23(5)15-7-9-16(24)10-8-15;1-6(3,4)5-2/h5-12,15H,13-14H2,1-4H3;6-13H,1-5H3;2H,1H3/q+1;;. The van der Waals surface area contributed by atoms with Gasteiger partial charge in [0.2, 0.25) is 22.8 Å². The molecule has 302 valence electrons. The Balaban J connectivity index is 0.000000222. The van der Waals surface area contributed by atoms with Crippen LogP contribution in [0.2, 0.25) is 5.02 Å².